The van der Waals surface area contributed by atoms with E-state index in [9.17, 15) is 24.2 Å². The molecule has 1 aromatic heterocycles. The van der Waals surface area contributed by atoms with Crippen molar-refractivity contribution in [3.05, 3.63) is 74.8 Å². The number of halogens is 2. The molecule has 0 spiro atoms. The highest BCUT2D eigenvalue weighted by Crippen LogP contribution is 2.28. The van der Waals surface area contributed by atoms with Gasteiger partial charge in [-0.25, -0.2) is 4.39 Å². The van der Waals surface area contributed by atoms with E-state index in [0.29, 0.717) is 46.6 Å². The predicted molar refractivity (Wildman–Crippen MR) is 137 cm³/mol. The second-order valence-corrected chi connectivity index (χ2v) is 9.52. The minimum Gasteiger partial charge on any atom is -0.506 e. The Kier molecular flexibility index (Phi) is 8.58. The van der Waals surface area contributed by atoms with Gasteiger partial charge in [-0.05, 0) is 61.8 Å². The zero-order valence-electron chi connectivity index (χ0n) is 19.8. The van der Waals surface area contributed by atoms with Crippen molar-refractivity contribution in [1.29, 1.82) is 0 Å². The van der Waals surface area contributed by atoms with Gasteiger partial charge >= 0.3 is 0 Å². The first-order valence-corrected chi connectivity index (χ1v) is 12.4. The van der Waals surface area contributed by atoms with E-state index >= 15 is 0 Å². The van der Waals surface area contributed by atoms with E-state index < -0.39 is 11.9 Å². The van der Waals surface area contributed by atoms with E-state index in [-0.39, 0.29) is 29.8 Å². The Morgan fingerprint density at radius 3 is 2.75 bits per heavy atom. The topological polar surface area (TPSA) is 118 Å². The molecule has 1 saturated heterocycles. The molecule has 8 nitrogen and oxygen atoms in total. The van der Waals surface area contributed by atoms with Crippen LogP contribution >= 0.6 is 11.6 Å². The molecule has 1 aliphatic heterocycles. The fourth-order valence-electron chi connectivity index (χ4n) is 4.52. The summed E-state index contributed by atoms with van der Waals surface area (Å²) in [6.07, 6.45) is 1.29. The number of hydrogen-bond donors (Lipinski definition) is 5. The number of aliphatic hydroxyl groups is 1. The summed E-state index contributed by atoms with van der Waals surface area (Å²) in [6.45, 7) is 2.72. The molecule has 10 heteroatoms. The van der Waals surface area contributed by atoms with Gasteiger partial charge in [-0.2, -0.15) is 0 Å². The van der Waals surface area contributed by atoms with Crippen molar-refractivity contribution in [2.75, 3.05) is 26.2 Å². The molecule has 5 N–H and O–H groups in total. The van der Waals surface area contributed by atoms with Crippen LogP contribution in [0.15, 0.2) is 47.3 Å². The smallest absolute Gasteiger partial charge is 0.248 e. The van der Waals surface area contributed by atoms with Crippen LogP contribution in [0.4, 0.5) is 4.39 Å². The SMILES string of the molecule is O=C(CCN1CCC(NCC(O)c2ccc(O)c3[nH]c(=O)ccc23)CC1)NCc1cc(Cl)ccc1F. The zero-order chi connectivity index (χ0) is 25.7. The number of carbonyl (C=O) groups is 1. The van der Waals surface area contributed by atoms with Crippen molar-refractivity contribution < 1.29 is 19.4 Å². The second kappa shape index (κ2) is 11.8. The summed E-state index contributed by atoms with van der Waals surface area (Å²) in [4.78, 5) is 28.6. The summed E-state index contributed by atoms with van der Waals surface area (Å²) in [5.74, 6) is -0.572. The van der Waals surface area contributed by atoms with Gasteiger partial charge in [0.05, 0.1) is 11.6 Å². The van der Waals surface area contributed by atoms with Crippen molar-refractivity contribution in [1.82, 2.24) is 20.5 Å². The number of nitrogens with zero attached hydrogens (tertiary/aromatic N) is 1. The molecule has 0 bridgehead atoms. The Bertz CT molecular complexity index is 1280. The van der Waals surface area contributed by atoms with Gasteiger partial charge in [-0.15, -0.1) is 0 Å². The number of carbonyl (C=O) groups excluding carboxylic acids is 1. The average molecular weight is 517 g/mol. The van der Waals surface area contributed by atoms with Gasteiger partial charge in [-0.1, -0.05) is 17.7 Å². The quantitative estimate of drug-likeness (QED) is 0.298. The van der Waals surface area contributed by atoms with E-state index in [4.69, 9.17) is 11.6 Å². The van der Waals surface area contributed by atoms with Gasteiger partial charge in [0, 0.05) is 54.1 Å². The lowest BCUT2D eigenvalue weighted by molar-refractivity contribution is -0.121. The van der Waals surface area contributed by atoms with E-state index in [0.717, 1.165) is 25.9 Å². The normalized spacial score (nSPS) is 15.8. The lowest BCUT2D eigenvalue weighted by atomic mass is 10.0. The van der Waals surface area contributed by atoms with E-state index in [1.807, 2.05) is 0 Å². The van der Waals surface area contributed by atoms with Crippen LogP contribution in [0, 0.1) is 5.82 Å². The monoisotopic (exact) mass is 516 g/mol. The van der Waals surface area contributed by atoms with Crippen LogP contribution in [0.1, 0.15) is 36.5 Å². The highest BCUT2D eigenvalue weighted by Gasteiger charge is 2.21. The summed E-state index contributed by atoms with van der Waals surface area (Å²) in [6, 6.07) is 10.6. The lowest BCUT2D eigenvalue weighted by Gasteiger charge is -2.32. The van der Waals surface area contributed by atoms with Crippen LogP contribution in [0.2, 0.25) is 5.02 Å². The summed E-state index contributed by atoms with van der Waals surface area (Å²) in [5.41, 5.74) is 0.988. The fourth-order valence-corrected chi connectivity index (χ4v) is 4.71. The number of piperidine rings is 1. The highest BCUT2D eigenvalue weighted by atomic mass is 35.5. The maximum absolute atomic E-state index is 13.8. The van der Waals surface area contributed by atoms with Gasteiger partial charge < -0.3 is 30.7 Å². The van der Waals surface area contributed by atoms with Crippen LogP contribution in [0.3, 0.4) is 0 Å². The van der Waals surface area contributed by atoms with Crippen molar-refractivity contribution in [3.8, 4) is 5.75 Å². The van der Waals surface area contributed by atoms with Gasteiger partial charge in [0.1, 0.15) is 11.6 Å². The molecule has 1 atom stereocenters. The second-order valence-electron chi connectivity index (χ2n) is 9.09. The van der Waals surface area contributed by atoms with Gasteiger partial charge in [-0.3, -0.25) is 9.59 Å². The third-order valence-electron chi connectivity index (χ3n) is 6.59. The van der Waals surface area contributed by atoms with Crippen LogP contribution in [0.25, 0.3) is 10.9 Å². The zero-order valence-corrected chi connectivity index (χ0v) is 20.5. The Hall–Kier alpha value is -2.98. The number of pyridine rings is 1. The number of fused-ring (bicyclic) bond motifs is 1. The molecule has 192 valence electrons. The van der Waals surface area contributed by atoms with Gasteiger partial charge in [0.2, 0.25) is 11.5 Å². The first-order chi connectivity index (χ1) is 17.3. The molecule has 1 aliphatic rings. The summed E-state index contributed by atoms with van der Waals surface area (Å²) in [5, 5.41) is 28.0. The molecule has 0 saturated carbocycles. The molecule has 3 aromatic rings. The Morgan fingerprint density at radius 1 is 1.19 bits per heavy atom. The Morgan fingerprint density at radius 2 is 1.97 bits per heavy atom. The third kappa shape index (κ3) is 6.61. The molecule has 2 aromatic carbocycles. The van der Waals surface area contributed by atoms with Crippen LogP contribution in [-0.4, -0.2) is 58.2 Å². The molecule has 1 unspecified atom stereocenters. The van der Waals surface area contributed by atoms with Gasteiger partial charge in [0.25, 0.3) is 0 Å². The van der Waals surface area contributed by atoms with Gasteiger partial charge in [0.15, 0.2) is 0 Å². The van der Waals surface area contributed by atoms with Crippen molar-refractivity contribution in [3.63, 3.8) is 0 Å². The standard InChI is InChI=1S/C26H30ClFN4O4/c27-17-1-4-21(28)16(13-17)14-30-24(35)9-12-32-10-7-18(8-11-32)29-15-23(34)19-2-5-22(33)26-20(19)3-6-25(36)31-26/h1-6,13,18,23,29,33-34H,7-12,14-15H2,(H,30,35)(H,31,36). The number of hydrogen-bond acceptors (Lipinski definition) is 6. The number of amides is 1. The van der Waals surface area contributed by atoms with Crippen LogP contribution in [0.5, 0.6) is 5.75 Å². The highest BCUT2D eigenvalue weighted by molar-refractivity contribution is 6.30. The number of aliphatic hydroxyl groups excluding tert-OH is 1. The minimum absolute atomic E-state index is 0.0377. The molecule has 1 fully saturated rings. The molecule has 1 amide bonds. The lowest BCUT2D eigenvalue weighted by Crippen LogP contribution is -2.44. The molecule has 4 rings (SSSR count). The molecule has 36 heavy (non-hydrogen) atoms. The Balaban J connectivity index is 1.19. The van der Waals surface area contributed by atoms with Crippen molar-refractivity contribution in [2.24, 2.45) is 0 Å². The number of nitrogens with one attached hydrogen (secondary N) is 3. The molecule has 0 radical (unpaired) electrons. The first-order valence-electron chi connectivity index (χ1n) is 12.0. The minimum atomic E-state index is -0.801. The van der Waals surface area contributed by atoms with Crippen molar-refractivity contribution in [2.45, 2.75) is 38.0 Å². The molecule has 2 heterocycles. The summed E-state index contributed by atoms with van der Waals surface area (Å²) < 4.78 is 13.8. The summed E-state index contributed by atoms with van der Waals surface area (Å²) in [7, 11) is 0. The number of aromatic hydroxyl groups is 1. The first kappa shape index (κ1) is 26.1. The van der Waals surface area contributed by atoms with E-state index in [2.05, 4.69) is 20.5 Å². The number of phenolic OH excluding ortho intramolecular Hbond substituents is 1. The number of likely N-dealkylation sites (tertiary alicyclic amines) is 1. The molecular weight excluding hydrogens is 487 g/mol. The predicted octanol–water partition coefficient (Wildman–Crippen LogP) is 2.82. The van der Waals surface area contributed by atoms with Crippen molar-refractivity contribution >= 4 is 28.4 Å². The van der Waals surface area contributed by atoms with E-state index in [1.165, 1.54) is 30.3 Å². The number of aromatic nitrogens is 1. The van der Waals surface area contributed by atoms with Crippen LogP contribution < -0.4 is 16.2 Å². The molecule has 0 aliphatic carbocycles. The number of benzene rings is 2. The number of aromatic amines is 1. The summed E-state index contributed by atoms with van der Waals surface area (Å²) >= 11 is 5.89. The largest absolute Gasteiger partial charge is 0.506 e. The number of phenols is 1. The number of rotatable bonds is 9. The van der Waals surface area contributed by atoms with E-state index in [1.54, 1.807) is 12.1 Å². The third-order valence-corrected chi connectivity index (χ3v) is 6.83. The average Bonchev–Trinajstić information content (AvgIpc) is 2.87. The molecular formula is C26H30ClFN4O4. The maximum atomic E-state index is 13.8. The Labute approximate surface area is 213 Å². The van der Waals surface area contributed by atoms with Crippen LogP contribution in [-0.2, 0) is 11.3 Å². The fraction of sp³-hybridized carbons (Fsp3) is 0.385. The maximum Gasteiger partial charge on any atom is 0.248 e. The number of H-pyrrole nitrogens is 1.